The summed E-state index contributed by atoms with van der Waals surface area (Å²) in [4.78, 5) is 18.1. The summed E-state index contributed by atoms with van der Waals surface area (Å²) < 4.78 is 6.51. The number of hydrogen-bond donors (Lipinski definition) is 0. The predicted molar refractivity (Wildman–Crippen MR) is 68.6 cm³/mol. The van der Waals surface area contributed by atoms with Crippen LogP contribution in [0.3, 0.4) is 0 Å². The molecule has 2 heterocycles. The van der Waals surface area contributed by atoms with E-state index in [1.54, 1.807) is 4.90 Å². The third-order valence-electron chi connectivity index (χ3n) is 3.00. The minimum absolute atomic E-state index is 0.155. The van der Waals surface area contributed by atoms with Gasteiger partial charge in [-0.05, 0) is 0 Å². The summed E-state index contributed by atoms with van der Waals surface area (Å²) in [5.74, 6) is 0.558. The monoisotopic (exact) mass is 258 g/mol. The van der Waals surface area contributed by atoms with E-state index >= 15 is 0 Å². The molecule has 0 bridgehead atoms. The third kappa shape index (κ3) is 2.48. The minimum atomic E-state index is -0.155. The quantitative estimate of drug-likeness (QED) is 0.772. The van der Waals surface area contributed by atoms with Crippen LogP contribution < -0.4 is 0 Å². The molecule has 6 nitrogen and oxygen atoms in total. The van der Waals surface area contributed by atoms with E-state index in [-0.39, 0.29) is 6.03 Å². The second kappa shape index (κ2) is 5.19. The molecule has 0 aliphatic carbocycles. The molecular formula is C13H14N4O2. The number of carbonyl (C=O) groups is 1. The molecule has 0 N–H and O–H groups in total. The Morgan fingerprint density at radius 1 is 1.16 bits per heavy atom. The van der Waals surface area contributed by atoms with Gasteiger partial charge in [0.1, 0.15) is 6.33 Å². The van der Waals surface area contributed by atoms with Crippen LogP contribution in [0.1, 0.15) is 0 Å². The smallest absolute Gasteiger partial charge is 0.346 e. The van der Waals surface area contributed by atoms with Crippen molar-refractivity contribution in [1.82, 2.24) is 19.7 Å². The maximum Gasteiger partial charge on any atom is 0.346 e. The zero-order chi connectivity index (χ0) is 13.1. The van der Waals surface area contributed by atoms with Crippen molar-refractivity contribution in [2.24, 2.45) is 0 Å². The molecule has 1 saturated heterocycles. The molecule has 0 unspecified atom stereocenters. The number of benzene rings is 1. The molecule has 0 atom stereocenters. The number of nitrogens with zero attached hydrogens (tertiary/aromatic N) is 4. The molecule has 1 amide bonds. The molecule has 1 aromatic heterocycles. The average molecular weight is 258 g/mol. The summed E-state index contributed by atoms with van der Waals surface area (Å²) in [6, 6.07) is 9.44. The maximum atomic E-state index is 12.2. The fourth-order valence-corrected chi connectivity index (χ4v) is 1.97. The highest BCUT2D eigenvalue weighted by atomic mass is 16.5. The topological polar surface area (TPSA) is 60.2 Å². The number of hydrogen-bond acceptors (Lipinski definition) is 4. The molecule has 0 spiro atoms. The van der Waals surface area contributed by atoms with Crippen molar-refractivity contribution in [3.63, 3.8) is 0 Å². The van der Waals surface area contributed by atoms with Gasteiger partial charge in [0.05, 0.1) is 13.2 Å². The number of aromatic nitrogens is 3. The number of amides is 1. The van der Waals surface area contributed by atoms with Gasteiger partial charge in [-0.25, -0.2) is 9.78 Å². The van der Waals surface area contributed by atoms with Crippen molar-refractivity contribution in [2.45, 2.75) is 0 Å². The van der Waals surface area contributed by atoms with Crippen molar-refractivity contribution < 1.29 is 9.53 Å². The minimum Gasteiger partial charge on any atom is -0.378 e. The lowest BCUT2D eigenvalue weighted by Gasteiger charge is -2.25. The molecule has 98 valence electrons. The fraction of sp³-hybridized carbons (Fsp3) is 0.308. The van der Waals surface area contributed by atoms with E-state index in [0.29, 0.717) is 32.1 Å². The van der Waals surface area contributed by atoms with Crippen molar-refractivity contribution in [3.8, 4) is 11.4 Å². The Balaban J connectivity index is 1.79. The van der Waals surface area contributed by atoms with E-state index in [4.69, 9.17) is 4.74 Å². The van der Waals surface area contributed by atoms with Crippen LogP contribution >= 0.6 is 0 Å². The molecule has 1 fully saturated rings. The van der Waals surface area contributed by atoms with E-state index in [2.05, 4.69) is 10.1 Å². The Kier molecular flexibility index (Phi) is 3.24. The van der Waals surface area contributed by atoms with Gasteiger partial charge in [-0.15, -0.1) is 5.10 Å². The average Bonchev–Trinajstić information content (AvgIpc) is 2.98. The molecule has 1 aromatic carbocycles. The van der Waals surface area contributed by atoms with Crippen LogP contribution in [0.4, 0.5) is 4.79 Å². The summed E-state index contributed by atoms with van der Waals surface area (Å²) in [6.07, 6.45) is 1.46. The highest BCUT2D eigenvalue weighted by Crippen LogP contribution is 2.13. The molecule has 0 saturated carbocycles. The third-order valence-corrected chi connectivity index (χ3v) is 3.00. The van der Waals surface area contributed by atoms with Gasteiger partial charge in [-0.3, -0.25) is 0 Å². The first kappa shape index (κ1) is 11.9. The Bertz CT molecular complexity index is 561. The number of rotatable bonds is 1. The maximum absolute atomic E-state index is 12.2. The number of ether oxygens (including phenoxy) is 1. The SMILES string of the molecule is O=C(N1CCOCC1)n1cnc(-c2ccccc2)n1. The molecule has 1 aliphatic heterocycles. The van der Waals surface area contributed by atoms with Gasteiger partial charge < -0.3 is 9.64 Å². The molecule has 3 rings (SSSR count). The summed E-state index contributed by atoms with van der Waals surface area (Å²) in [5.41, 5.74) is 0.899. The van der Waals surface area contributed by atoms with Crippen molar-refractivity contribution in [2.75, 3.05) is 26.3 Å². The number of carbonyl (C=O) groups excluding carboxylic acids is 1. The molecule has 1 aliphatic rings. The van der Waals surface area contributed by atoms with Crippen LogP contribution in [0, 0.1) is 0 Å². The normalized spacial score (nSPS) is 15.5. The van der Waals surface area contributed by atoms with Gasteiger partial charge in [-0.2, -0.15) is 4.68 Å². The summed E-state index contributed by atoms with van der Waals surface area (Å²) in [5, 5.41) is 4.23. The molecular weight excluding hydrogens is 244 g/mol. The Morgan fingerprint density at radius 2 is 1.89 bits per heavy atom. The summed E-state index contributed by atoms with van der Waals surface area (Å²) in [7, 11) is 0. The second-order valence-corrected chi connectivity index (χ2v) is 4.26. The van der Waals surface area contributed by atoms with E-state index < -0.39 is 0 Å². The van der Waals surface area contributed by atoms with E-state index in [1.807, 2.05) is 30.3 Å². The Hall–Kier alpha value is -2.21. The zero-order valence-electron chi connectivity index (χ0n) is 10.4. The standard InChI is InChI=1S/C13H14N4O2/c18-13(16-6-8-19-9-7-16)17-10-14-12(15-17)11-4-2-1-3-5-11/h1-5,10H,6-9H2. The van der Waals surface area contributed by atoms with Gasteiger partial charge in [0.25, 0.3) is 0 Å². The van der Waals surface area contributed by atoms with Gasteiger partial charge in [-0.1, -0.05) is 30.3 Å². The first-order valence-electron chi connectivity index (χ1n) is 6.19. The van der Waals surface area contributed by atoms with Crippen LogP contribution in [0.2, 0.25) is 0 Å². The van der Waals surface area contributed by atoms with Crippen molar-refractivity contribution >= 4 is 6.03 Å². The fourth-order valence-electron chi connectivity index (χ4n) is 1.97. The first-order chi connectivity index (χ1) is 9.34. The van der Waals surface area contributed by atoms with Crippen LogP contribution in [0.5, 0.6) is 0 Å². The van der Waals surface area contributed by atoms with E-state index in [1.165, 1.54) is 11.0 Å². The molecule has 2 aromatic rings. The van der Waals surface area contributed by atoms with Crippen LogP contribution in [-0.4, -0.2) is 52.0 Å². The Morgan fingerprint density at radius 3 is 2.63 bits per heavy atom. The predicted octanol–water partition coefficient (Wildman–Crippen LogP) is 1.25. The van der Waals surface area contributed by atoms with Crippen LogP contribution in [0.15, 0.2) is 36.7 Å². The lowest BCUT2D eigenvalue weighted by molar-refractivity contribution is 0.0528. The summed E-state index contributed by atoms with van der Waals surface area (Å²) >= 11 is 0. The van der Waals surface area contributed by atoms with E-state index in [9.17, 15) is 4.79 Å². The van der Waals surface area contributed by atoms with Crippen molar-refractivity contribution in [3.05, 3.63) is 36.7 Å². The van der Waals surface area contributed by atoms with Gasteiger partial charge in [0.2, 0.25) is 0 Å². The van der Waals surface area contributed by atoms with Gasteiger partial charge in [0.15, 0.2) is 5.82 Å². The van der Waals surface area contributed by atoms with Crippen LogP contribution in [0.25, 0.3) is 11.4 Å². The van der Waals surface area contributed by atoms with Crippen molar-refractivity contribution in [1.29, 1.82) is 0 Å². The molecule has 0 radical (unpaired) electrons. The van der Waals surface area contributed by atoms with Crippen LogP contribution in [-0.2, 0) is 4.74 Å². The van der Waals surface area contributed by atoms with Gasteiger partial charge >= 0.3 is 6.03 Å². The number of morpholine rings is 1. The molecule has 6 heteroatoms. The lowest BCUT2D eigenvalue weighted by atomic mass is 10.2. The first-order valence-corrected chi connectivity index (χ1v) is 6.19. The molecule has 19 heavy (non-hydrogen) atoms. The lowest BCUT2D eigenvalue weighted by Crippen LogP contribution is -2.43. The highest BCUT2D eigenvalue weighted by molar-refractivity contribution is 5.76. The Labute approximate surface area is 110 Å². The summed E-state index contributed by atoms with van der Waals surface area (Å²) in [6.45, 7) is 2.34. The van der Waals surface area contributed by atoms with Gasteiger partial charge in [0, 0.05) is 18.7 Å². The highest BCUT2D eigenvalue weighted by Gasteiger charge is 2.19. The second-order valence-electron chi connectivity index (χ2n) is 4.26. The van der Waals surface area contributed by atoms with E-state index in [0.717, 1.165) is 5.56 Å². The largest absolute Gasteiger partial charge is 0.378 e. The zero-order valence-corrected chi connectivity index (χ0v) is 10.4.